The molecule has 0 aromatic carbocycles. The number of nitrogens with one attached hydrogen (secondary N) is 2. The highest BCUT2D eigenvalue weighted by Crippen LogP contribution is 2.17. The van der Waals surface area contributed by atoms with Crippen molar-refractivity contribution >= 4 is 21.8 Å². The molecule has 1 aromatic rings. The van der Waals surface area contributed by atoms with E-state index in [1.54, 1.807) is 4.90 Å². The molecule has 0 aliphatic carbocycles. The highest BCUT2D eigenvalue weighted by atomic mass is 32.2. The highest BCUT2D eigenvalue weighted by Gasteiger charge is 2.34. The Morgan fingerprint density at radius 1 is 1.41 bits per heavy atom. The molecule has 1 atom stereocenters. The van der Waals surface area contributed by atoms with Crippen LogP contribution in [-0.4, -0.2) is 50.8 Å². The van der Waals surface area contributed by atoms with Crippen molar-refractivity contribution in [2.45, 2.75) is 37.4 Å². The average molecular weight is 329 g/mol. The zero-order valence-corrected chi connectivity index (χ0v) is 13.4. The lowest BCUT2D eigenvalue weighted by molar-refractivity contribution is -0.130. The Kier molecular flexibility index (Phi) is 4.57. The van der Waals surface area contributed by atoms with Gasteiger partial charge in [0, 0.05) is 12.6 Å². The molecule has 1 aromatic heterocycles. The lowest BCUT2D eigenvalue weighted by Crippen LogP contribution is -2.43. The molecule has 0 saturated carbocycles. The molecule has 2 heterocycles. The third-order valence-corrected chi connectivity index (χ3v) is 4.79. The molecule has 1 aliphatic rings. The summed E-state index contributed by atoms with van der Waals surface area (Å²) < 4.78 is 30.2. The van der Waals surface area contributed by atoms with Crippen molar-refractivity contribution in [2.75, 3.05) is 13.6 Å². The SMILES string of the molecule is CNS(=O)(=O)c1ccc(C(=O)NC2CCN(C(C)C)C2=O)o1. The minimum Gasteiger partial charge on any atom is -0.438 e. The Hall–Kier alpha value is -1.87. The lowest BCUT2D eigenvalue weighted by atomic mass is 10.2. The fraction of sp³-hybridized carbons (Fsp3) is 0.538. The Labute approximate surface area is 128 Å². The predicted octanol–water partition coefficient (Wildman–Crippen LogP) is -0.0732. The summed E-state index contributed by atoms with van der Waals surface area (Å²) in [6, 6.07) is 1.92. The van der Waals surface area contributed by atoms with E-state index < -0.39 is 22.0 Å². The number of carbonyl (C=O) groups excluding carboxylic acids is 2. The molecule has 2 rings (SSSR count). The number of hydrogen-bond acceptors (Lipinski definition) is 5. The van der Waals surface area contributed by atoms with Crippen LogP contribution in [0.15, 0.2) is 21.6 Å². The first-order valence-corrected chi connectivity index (χ1v) is 8.39. The summed E-state index contributed by atoms with van der Waals surface area (Å²) in [5.74, 6) is -0.899. The molecule has 0 bridgehead atoms. The first kappa shape index (κ1) is 16.5. The Balaban J connectivity index is 2.07. The van der Waals surface area contributed by atoms with E-state index in [0.29, 0.717) is 13.0 Å². The number of rotatable bonds is 5. The third kappa shape index (κ3) is 3.14. The van der Waals surface area contributed by atoms with Crippen molar-refractivity contribution in [2.24, 2.45) is 0 Å². The minimum absolute atomic E-state index is 0.0744. The molecular weight excluding hydrogens is 310 g/mol. The third-order valence-electron chi connectivity index (χ3n) is 3.51. The predicted molar refractivity (Wildman–Crippen MR) is 77.7 cm³/mol. The van der Waals surface area contributed by atoms with Crippen LogP contribution in [0.25, 0.3) is 0 Å². The van der Waals surface area contributed by atoms with E-state index in [9.17, 15) is 18.0 Å². The van der Waals surface area contributed by atoms with E-state index in [2.05, 4.69) is 10.0 Å². The van der Waals surface area contributed by atoms with Gasteiger partial charge in [0.2, 0.25) is 11.0 Å². The van der Waals surface area contributed by atoms with Gasteiger partial charge in [-0.3, -0.25) is 9.59 Å². The largest absolute Gasteiger partial charge is 0.438 e. The van der Waals surface area contributed by atoms with Gasteiger partial charge < -0.3 is 14.6 Å². The molecule has 9 heteroatoms. The van der Waals surface area contributed by atoms with Crippen LogP contribution in [0, 0.1) is 0 Å². The second-order valence-corrected chi connectivity index (χ2v) is 7.08. The number of amides is 2. The monoisotopic (exact) mass is 329 g/mol. The standard InChI is InChI=1S/C13H19N3O5S/c1-8(2)16-7-6-9(13(16)18)15-12(17)10-4-5-11(21-10)22(19,20)14-3/h4-5,8-9,14H,6-7H2,1-3H3,(H,15,17). The molecular formula is C13H19N3O5S. The lowest BCUT2D eigenvalue weighted by Gasteiger charge is -2.20. The molecule has 122 valence electrons. The molecule has 1 fully saturated rings. The summed E-state index contributed by atoms with van der Waals surface area (Å²) in [6.07, 6.45) is 0.519. The summed E-state index contributed by atoms with van der Waals surface area (Å²) in [4.78, 5) is 25.8. The topological polar surface area (TPSA) is 109 Å². The number of furan rings is 1. The first-order chi connectivity index (χ1) is 10.3. The summed E-state index contributed by atoms with van der Waals surface area (Å²) in [6.45, 7) is 4.39. The Morgan fingerprint density at radius 2 is 2.09 bits per heavy atom. The molecule has 1 unspecified atom stereocenters. The van der Waals surface area contributed by atoms with Gasteiger partial charge >= 0.3 is 0 Å². The van der Waals surface area contributed by atoms with E-state index in [0.717, 1.165) is 0 Å². The molecule has 2 amide bonds. The number of hydrogen-bond donors (Lipinski definition) is 2. The van der Waals surface area contributed by atoms with Crippen LogP contribution in [0.1, 0.15) is 30.8 Å². The second-order valence-electron chi connectivity index (χ2n) is 5.27. The van der Waals surface area contributed by atoms with Gasteiger partial charge in [-0.05, 0) is 39.4 Å². The van der Waals surface area contributed by atoms with Gasteiger partial charge in [0.05, 0.1) is 0 Å². The van der Waals surface area contributed by atoms with Crippen molar-refractivity contribution in [3.05, 3.63) is 17.9 Å². The van der Waals surface area contributed by atoms with Crippen molar-refractivity contribution in [3.8, 4) is 0 Å². The van der Waals surface area contributed by atoms with Gasteiger partial charge in [0.1, 0.15) is 6.04 Å². The number of likely N-dealkylation sites (tertiary alicyclic amines) is 1. The van der Waals surface area contributed by atoms with Gasteiger partial charge in [0.25, 0.3) is 15.9 Å². The van der Waals surface area contributed by atoms with Crippen molar-refractivity contribution in [1.82, 2.24) is 14.9 Å². The maximum Gasteiger partial charge on any atom is 0.287 e. The van der Waals surface area contributed by atoms with E-state index in [1.807, 2.05) is 13.8 Å². The molecule has 2 N–H and O–H groups in total. The average Bonchev–Trinajstić information content (AvgIpc) is 3.07. The fourth-order valence-corrected chi connectivity index (χ4v) is 2.91. The highest BCUT2D eigenvalue weighted by molar-refractivity contribution is 7.89. The van der Waals surface area contributed by atoms with Crippen LogP contribution in [-0.2, 0) is 14.8 Å². The number of nitrogens with zero attached hydrogens (tertiary/aromatic N) is 1. The van der Waals surface area contributed by atoms with E-state index in [4.69, 9.17) is 4.42 Å². The zero-order chi connectivity index (χ0) is 16.5. The maximum absolute atomic E-state index is 12.1. The van der Waals surface area contributed by atoms with E-state index >= 15 is 0 Å². The van der Waals surface area contributed by atoms with Gasteiger partial charge in [-0.15, -0.1) is 0 Å². The summed E-state index contributed by atoms with van der Waals surface area (Å²) in [5, 5.41) is 2.23. The zero-order valence-electron chi connectivity index (χ0n) is 12.6. The van der Waals surface area contributed by atoms with Crippen molar-refractivity contribution in [3.63, 3.8) is 0 Å². The van der Waals surface area contributed by atoms with Crippen LogP contribution in [0.4, 0.5) is 0 Å². The Morgan fingerprint density at radius 3 is 2.64 bits per heavy atom. The second kappa shape index (κ2) is 6.09. The van der Waals surface area contributed by atoms with Crippen LogP contribution in [0.5, 0.6) is 0 Å². The molecule has 1 saturated heterocycles. The number of sulfonamides is 1. The molecule has 1 aliphatic heterocycles. The summed E-state index contributed by atoms with van der Waals surface area (Å²) in [7, 11) is -2.50. The molecule has 22 heavy (non-hydrogen) atoms. The normalized spacial score (nSPS) is 19.0. The summed E-state index contributed by atoms with van der Waals surface area (Å²) >= 11 is 0. The van der Waals surface area contributed by atoms with Gasteiger partial charge in [0.15, 0.2) is 5.76 Å². The molecule has 0 radical (unpaired) electrons. The van der Waals surface area contributed by atoms with Gasteiger partial charge in [-0.25, -0.2) is 13.1 Å². The summed E-state index contributed by atoms with van der Waals surface area (Å²) in [5.41, 5.74) is 0. The van der Waals surface area contributed by atoms with Crippen LogP contribution < -0.4 is 10.0 Å². The van der Waals surface area contributed by atoms with Crippen molar-refractivity contribution in [1.29, 1.82) is 0 Å². The quantitative estimate of drug-likeness (QED) is 0.786. The number of carbonyl (C=O) groups is 2. The smallest absolute Gasteiger partial charge is 0.287 e. The van der Waals surface area contributed by atoms with Crippen LogP contribution in [0.2, 0.25) is 0 Å². The van der Waals surface area contributed by atoms with Crippen molar-refractivity contribution < 1.29 is 22.4 Å². The van der Waals surface area contributed by atoms with Crippen LogP contribution in [0.3, 0.4) is 0 Å². The van der Waals surface area contributed by atoms with Crippen LogP contribution >= 0.6 is 0 Å². The Bertz CT molecular complexity index is 680. The maximum atomic E-state index is 12.1. The van der Waals surface area contributed by atoms with E-state index in [-0.39, 0.29) is 22.8 Å². The van der Waals surface area contributed by atoms with Gasteiger partial charge in [-0.1, -0.05) is 0 Å². The first-order valence-electron chi connectivity index (χ1n) is 6.91. The van der Waals surface area contributed by atoms with E-state index in [1.165, 1.54) is 19.2 Å². The molecule has 8 nitrogen and oxygen atoms in total. The minimum atomic E-state index is -3.74. The fourth-order valence-electron chi connectivity index (χ4n) is 2.27. The molecule has 0 spiro atoms. The van der Waals surface area contributed by atoms with Gasteiger partial charge in [-0.2, -0.15) is 0 Å².